The van der Waals surface area contributed by atoms with Crippen LogP contribution in [0.4, 0.5) is 0 Å². The fourth-order valence-electron chi connectivity index (χ4n) is 2.31. The van der Waals surface area contributed by atoms with Gasteiger partial charge >= 0.3 is 0 Å². The molecule has 0 aliphatic heterocycles. The third-order valence-corrected chi connectivity index (χ3v) is 2.95. The highest BCUT2D eigenvalue weighted by Crippen LogP contribution is 2.34. The van der Waals surface area contributed by atoms with Gasteiger partial charge in [0, 0.05) is 23.8 Å². The standard InChI is InChI=1S/C11H19N3O/c1-7(2)14-9-4-5-10(15)11(9)8(13-14)6-12-3/h7,10,12,15H,4-6H2,1-3H3. The number of nitrogens with one attached hydrogen (secondary N) is 1. The topological polar surface area (TPSA) is 50.1 Å². The Morgan fingerprint density at radius 3 is 2.93 bits per heavy atom. The van der Waals surface area contributed by atoms with Crippen LogP contribution in [0.1, 0.15) is 49.4 Å². The van der Waals surface area contributed by atoms with Gasteiger partial charge in [-0.3, -0.25) is 4.68 Å². The Bertz CT molecular complexity index is 357. The second-order valence-corrected chi connectivity index (χ2v) is 4.43. The summed E-state index contributed by atoms with van der Waals surface area (Å²) in [7, 11) is 1.90. The summed E-state index contributed by atoms with van der Waals surface area (Å²) in [6.45, 7) is 4.99. The van der Waals surface area contributed by atoms with E-state index in [2.05, 4.69) is 28.9 Å². The van der Waals surface area contributed by atoms with Crippen LogP contribution in [0.25, 0.3) is 0 Å². The quantitative estimate of drug-likeness (QED) is 0.785. The lowest BCUT2D eigenvalue weighted by molar-refractivity contribution is 0.178. The Labute approximate surface area is 90.3 Å². The number of hydrogen-bond donors (Lipinski definition) is 2. The molecule has 1 unspecified atom stereocenters. The maximum absolute atomic E-state index is 9.90. The van der Waals surface area contributed by atoms with E-state index in [9.17, 15) is 5.11 Å². The van der Waals surface area contributed by atoms with E-state index in [0.717, 1.165) is 30.6 Å². The van der Waals surface area contributed by atoms with Gasteiger partial charge in [-0.2, -0.15) is 5.10 Å². The van der Waals surface area contributed by atoms with Crippen LogP contribution >= 0.6 is 0 Å². The van der Waals surface area contributed by atoms with Crippen LogP contribution in [0, 0.1) is 0 Å². The molecule has 0 fully saturated rings. The Morgan fingerprint density at radius 2 is 2.33 bits per heavy atom. The molecule has 1 heterocycles. The molecular weight excluding hydrogens is 190 g/mol. The molecule has 1 aliphatic carbocycles. The van der Waals surface area contributed by atoms with Crippen LogP contribution in [0.15, 0.2) is 0 Å². The van der Waals surface area contributed by atoms with Gasteiger partial charge in [0.2, 0.25) is 0 Å². The molecule has 84 valence electrons. The summed E-state index contributed by atoms with van der Waals surface area (Å²) in [5, 5.41) is 17.6. The van der Waals surface area contributed by atoms with Gasteiger partial charge in [0.1, 0.15) is 0 Å². The van der Waals surface area contributed by atoms with Crippen molar-refractivity contribution in [3.05, 3.63) is 17.0 Å². The van der Waals surface area contributed by atoms with Crippen molar-refractivity contribution in [3.8, 4) is 0 Å². The molecule has 0 spiro atoms. The molecule has 0 aromatic carbocycles. The molecule has 4 nitrogen and oxygen atoms in total. The first-order valence-corrected chi connectivity index (χ1v) is 5.58. The van der Waals surface area contributed by atoms with E-state index < -0.39 is 0 Å². The van der Waals surface area contributed by atoms with Crippen molar-refractivity contribution >= 4 is 0 Å². The van der Waals surface area contributed by atoms with Crippen LogP contribution in [-0.4, -0.2) is 21.9 Å². The lowest BCUT2D eigenvalue weighted by atomic mass is 10.1. The van der Waals surface area contributed by atoms with E-state index in [4.69, 9.17) is 0 Å². The van der Waals surface area contributed by atoms with Gasteiger partial charge in [-0.1, -0.05) is 0 Å². The zero-order chi connectivity index (χ0) is 11.0. The van der Waals surface area contributed by atoms with Crippen LogP contribution in [0.5, 0.6) is 0 Å². The molecule has 4 heteroatoms. The molecule has 0 saturated carbocycles. The fourth-order valence-corrected chi connectivity index (χ4v) is 2.31. The molecule has 1 atom stereocenters. The number of aliphatic hydroxyl groups excluding tert-OH is 1. The summed E-state index contributed by atoms with van der Waals surface area (Å²) in [5.41, 5.74) is 3.30. The molecular formula is C11H19N3O. The second kappa shape index (κ2) is 3.94. The maximum Gasteiger partial charge on any atom is 0.0830 e. The van der Waals surface area contributed by atoms with Crippen molar-refractivity contribution in [2.45, 2.75) is 45.4 Å². The molecule has 1 aromatic rings. The van der Waals surface area contributed by atoms with Crippen LogP contribution < -0.4 is 5.32 Å². The van der Waals surface area contributed by atoms with E-state index >= 15 is 0 Å². The van der Waals surface area contributed by atoms with E-state index in [1.807, 2.05) is 7.05 Å². The molecule has 0 saturated heterocycles. The van der Waals surface area contributed by atoms with Crippen LogP contribution in [0.2, 0.25) is 0 Å². The van der Waals surface area contributed by atoms with Gasteiger partial charge in [-0.05, 0) is 33.7 Å². The van der Waals surface area contributed by atoms with Crippen molar-refractivity contribution < 1.29 is 5.11 Å². The van der Waals surface area contributed by atoms with Gasteiger partial charge in [-0.25, -0.2) is 0 Å². The van der Waals surface area contributed by atoms with E-state index in [1.165, 1.54) is 5.69 Å². The average Bonchev–Trinajstić information content (AvgIpc) is 2.70. The first kappa shape index (κ1) is 10.6. The SMILES string of the molecule is CNCc1nn(C(C)C)c2c1C(O)CC2. The predicted octanol–water partition coefficient (Wildman–Crippen LogP) is 1.16. The Hall–Kier alpha value is -0.870. The number of aromatic nitrogens is 2. The van der Waals surface area contributed by atoms with Gasteiger partial charge in [0.15, 0.2) is 0 Å². The molecule has 0 radical (unpaired) electrons. The summed E-state index contributed by atoms with van der Waals surface area (Å²) in [5.74, 6) is 0. The molecule has 0 amide bonds. The van der Waals surface area contributed by atoms with Crippen molar-refractivity contribution in [2.75, 3.05) is 7.05 Å². The minimum Gasteiger partial charge on any atom is -0.388 e. The third-order valence-electron chi connectivity index (χ3n) is 2.95. The first-order chi connectivity index (χ1) is 7.15. The van der Waals surface area contributed by atoms with Gasteiger partial charge in [-0.15, -0.1) is 0 Å². The molecule has 1 aliphatic rings. The minimum atomic E-state index is -0.309. The number of fused-ring (bicyclic) bond motifs is 1. The van der Waals surface area contributed by atoms with E-state index in [-0.39, 0.29) is 6.10 Å². The normalized spacial score (nSPS) is 19.9. The second-order valence-electron chi connectivity index (χ2n) is 4.43. The molecule has 15 heavy (non-hydrogen) atoms. The van der Waals surface area contributed by atoms with Crippen molar-refractivity contribution in [1.29, 1.82) is 0 Å². The number of nitrogens with zero attached hydrogens (tertiary/aromatic N) is 2. The Kier molecular flexibility index (Phi) is 2.80. The maximum atomic E-state index is 9.90. The molecule has 1 aromatic heterocycles. The van der Waals surface area contributed by atoms with Gasteiger partial charge in [0.25, 0.3) is 0 Å². The summed E-state index contributed by atoms with van der Waals surface area (Å²) >= 11 is 0. The molecule has 2 rings (SSSR count). The lowest BCUT2D eigenvalue weighted by Crippen LogP contribution is -2.10. The highest BCUT2D eigenvalue weighted by molar-refractivity contribution is 5.33. The van der Waals surface area contributed by atoms with Crippen LogP contribution in [0.3, 0.4) is 0 Å². The van der Waals surface area contributed by atoms with Crippen LogP contribution in [-0.2, 0) is 13.0 Å². The monoisotopic (exact) mass is 209 g/mol. The summed E-state index contributed by atoms with van der Waals surface area (Å²) in [6, 6.07) is 0.370. The number of rotatable bonds is 3. The number of hydrogen-bond acceptors (Lipinski definition) is 3. The Morgan fingerprint density at radius 1 is 1.60 bits per heavy atom. The summed E-state index contributed by atoms with van der Waals surface area (Å²) < 4.78 is 2.05. The summed E-state index contributed by atoms with van der Waals surface area (Å²) in [4.78, 5) is 0. The number of aliphatic hydroxyl groups is 1. The Balaban J connectivity index is 2.44. The van der Waals surface area contributed by atoms with E-state index in [1.54, 1.807) is 0 Å². The minimum absolute atomic E-state index is 0.309. The predicted molar refractivity (Wildman–Crippen MR) is 58.7 cm³/mol. The van der Waals surface area contributed by atoms with Crippen molar-refractivity contribution in [2.24, 2.45) is 0 Å². The highest BCUT2D eigenvalue weighted by atomic mass is 16.3. The summed E-state index contributed by atoms with van der Waals surface area (Å²) in [6.07, 6.45) is 1.48. The third kappa shape index (κ3) is 1.68. The van der Waals surface area contributed by atoms with Crippen molar-refractivity contribution in [3.63, 3.8) is 0 Å². The smallest absolute Gasteiger partial charge is 0.0830 e. The van der Waals surface area contributed by atoms with Gasteiger partial charge in [0.05, 0.1) is 11.8 Å². The average molecular weight is 209 g/mol. The van der Waals surface area contributed by atoms with E-state index in [0.29, 0.717) is 6.04 Å². The van der Waals surface area contributed by atoms with Crippen molar-refractivity contribution in [1.82, 2.24) is 15.1 Å². The first-order valence-electron chi connectivity index (χ1n) is 5.58. The zero-order valence-corrected chi connectivity index (χ0v) is 9.62. The fraction of sp³-hybridized carbons (Fsp3) is 0.727. The van der Waals surface area contributed by atoms with Gasteiger partial charge < -0.3 is 10.4 Å². The largest absolute Gasteiger partial charge is 0.388 e. The lowest BCUT2D eigenvalue weighted by Gasteiger charge is -2.08. The highest BCUT2D eigenvalue weighted by Gasteiger charge is 2.29. The zero-order valence-electron chi connectivity index (χ0n) is 9.62. The molecule has 0 bridgehead atoms. The molecule has 2 N–H and O–H groups in total.